The molecule has 1 aromatic heterocycles. The van der Waals surface area contributed by atoms with Gasteiger partial charge in [-0.2, -0.15) is 0 Å². The molecule has 0 aliphatic rings. The number of nitrogens with zero attached hydrogens (tertiary/aromatic N) is 3. The van der Waals surface area contributed by atoms with E-state index in [-0.39, 0.29) is 11.2 Å². The molecule has 1 heterocycles. The summed E-state index contributed by atoms with van der Waals surface area (Å²) in [6, 6.07) is 4.74. The van der Waals surface area contributed by atoms with Gasteiger partial charge in [0.25, 0.3) is 0 Å². The summed E-state index contributed by atoms with van der Waals surface area (Å²) in [6.07, 6.45) is 2.62. The van der Waals surface area contributed by atoms with Crippen molar-refractivity contribution in [3.05, 3.63) is 47.0 Å². The van der Waals surface area contributed by atoms with Crippen molar-refractivity contribution in [3.63, 3.8) is 0 Å². The minimum absolute atomic E-state index is 0.118. The molecule has 0 N–H and O–H groups in total. The van der Waals surface area contributed by atoms with Gasteiger partial charge in [0.05, 0.1) is 18.1 Å². The van der Waals surface area contributed by atoms with E-state index in [2.05, 4.69) is 10.3 Å². The van der Waals surface area contributed by atoms with Crippen LogP contribution in [-0.4, -0.2) is 15.0 Å². The van der Waals surface area contributed by atoms with E-state index in [0.29, 0.717) is 6.54 Å². The van der Waals surface area contributed by atoms with Crippen molar-refractivity contribution in [2.75, 3.05) is 0 Å². The monoisotopic (exact) mass is 267 g/mol. The highest BCUT2D eigenvalue weighted by Crippen LogP contribution is 2.21. The van der Waals surface area contributed by atoms with Crippen molar-refractivity contribution in [2.45, 2.75) is 32.2 Å². The molecule has 0 saturated heterocycles. The Morgan fingerprint density at radius 3 is 2.94 bits per heavy atom. The molecule has 1 aromatic carbocycles. The van der Waals surface area contributed by atoms with E-state index in [1.54, 1.807) is 10.7 Å². The summed E-state index contributed by atoms with van der Waals surface area (Å²) in [4.78, 5) is 0. The topological polar surface area (TPSA) is 30.7 Å². The van der Waals surface area contributed by atoms with Crippen LogP contribution in [0.5, 0.6) is 0 Å². The Hall–Kier alpha value is -1.42. The fourth-order valence-corrected chi connectivity index (χ4v) is 1.83. The van der Waals surface area contributed by atoms with Gasteiger partial charge in [-0.25, -0.2) is 9.07 Å². The molecule has 1 atom stereocenters. The average Bonchev–Trinajstić information content (AvgIpc) is 2.81. The molecule has 0 radical (unpaired) electrons. The number of aryl methyl sites for hydroxylation is 1. The van der Waals surface area contributed by atoms with Gasteiger partial charge in [0.2, 0.25) is 0 Å². The van der Waals surface area contributed by atoms with Crippen LogP contribution < -0.4 is 0 Å². The maximum atomic E-state index is 13.2. The summed E-state index contributed by atoms with van der Waals surface area (Å²) in [5, 5.41) is 7.92. The number of alkyl halides is 1. The first-order chi connectivity index (χ1) is 8.60. The Labute approximate surface area is 111 Å². The summed E-state index contributed by atoms with van der Waals surface area (Å²) in [7, 11) is 0. The van der Waals surface area contributed by atoms with Crippen LogP contribution in [0.2, 0.25) is 0 Å². The Balaban J connectivity index is 2.18. The number of benzene rings is 1. The third kappa shape index (κ3) is 2.88. The van der Waals surface area contributed by atoms with Gasteiger partial charge in [-0.1, -0.05) is 18.2 Å². The molecule has 5 heteroatoms. The smallest absolute Gasteiger partial charge is 0.123 e. The van der Waals surface area contributed by atoms with Gasteiger partial charge in [0.1, 0.15) is 11.5 Å². The van der Waals surface area contributed by atoms with Crippen LogP contribution in [-0.2, 0) is 6.54 Å². The van der Waals surface area contributed by atoms with Crippen LogP contribution in [0.25, 0.3) is 0 Å². The predicted octanol–water partition coefficient (Wildman–Crippen LogP) is 3.46. The fraction of sp³-hybridized carbons (Fsp3) is 0.385. The van der Waals surface area contributed by atoms with Gasteiger partial charge < -0.3 is 0 Å². The van der Waals surface area contributed by atoms with Gasteiger partial charge >= 0.3 is 0 Å². The molecule has 3 nitrogen and oxygen atoms in total. The molecule has 2 rings (SSSR count). The molecule has 0 saturated carbocycles. The second kappa shape index (κ2) is 5.48. The van der Waals surface area contributed by atoms with Crippen LogP contribution in [0.3, 0.4) is 0 Å². The zero-order valence-corrected chi connectivity index (χ0v) is 11.2. The first kappa shape index (κ1) is 13.0. The van der Waals surface area contributed by atoms with Crippen LogP contribution in [0, 0.1) is 12.7 Å². The van der Waals surface area contributed by atoms with Crippen LogP contribution in [0.15, 0.2) is 24.4 Å². The van der Waals surface area contributed by atoms with E-state index in [1.807, 2.05) is 20.0 Å². The standard InChI is InChI=1S/C13H15ClFN3/c1-3-12(14)13-8-18(17-16-13)7-10-6-11(15)5-4-9(10)2/h4-6,8,12H,3,7H2,1-2H3. The molecule has 1 unspecified atom stereocenters. The van der Waals surface area contributed by atoms with E-state index in [4.69, 9.17) is 11.6 Å². The highest BCUT2D eigenvalue weighted by Gasteiger charge is 2.10. The van der Waals surface area contributed by atoms with E-state index in [0.717, 1.165) is 23.2 Å². The summed E-state index contributed by atoms with van der Waals surface area (Å²) in [6.45, 7) is 4.44. The zero-order valence-electron chi connectivity index (χ0n) is 10.4. The van der Waals surface area contributed by atoms with Crippen LogP contribution in [0.4, 0.5) is 4.39 Å². The highest BCUT2D eigenvalue weighted by molar-refractivity contribution is 6.20. The van der Waals surface area contributed by atoms with Crippen LogP contribution in [0.1, 0.15) is 35.5 Å². The van der Waals surface area contributed by atoms with E-state index in [1.165, 1.54) is 12.1 Å². The molecule has 18 heavy (non-hydrogen) atoms. The second-order valence-electron chi connectivity index (χ2n) is 4.29. The third-order valence-corrected chi connectivity index (χ3v) is 3.41. The van der Waals surface area contributed by atoms with Gasteiger partial charge in [-0.05, 0) is 36.6 Å². The summed E-state index contributed by atoms with van der Waals surface area (Å²) >= 11 is 6.09. The van der Waals surface area contributed by atoms with Crippen molar-refractivity contribution in [2.24, 2.45) is 0 Å². The maximum absolute atomic E-state index is 13.2. The Kier molecular flexibility index (Phi) is 3.97. The van der Waals surface area contributed by atoms with E-state index in [9.17, 15) is 4.39 Å². The van der Waals surface area contributed by atoms with Gasteiger partial charge in [-0.3, -0.25) is 0 Å². The Morgan fingerprint density at radius 1 is 1.44 bits per heavy atom. The van der Waals surface area contributed by atoms with Crippen molar-refractivity contribution < 1.29 is 4.39 Å². The Bertz CT molecular complexity index is 539. The molecule has 0 spiro atoms. The fourth-order valence-electron chi connectivity index (χ4n) is 1.73. The summed E-state index contributed by atoms with van der Waals surface area (Å²) in [5.74, 6) is -0.236. The molecular weight excluding hydrogens is 253 g/mol. The van der Waals surface area contributed by atoms with E-state index >= 15 is 0 Å². The van der Waals surface area contributed by atoms with Crippen molar-refractivity contribution >= 4 is 11.6 Å². The minimum Gasteiger partial charge on any atom is -0.248 e. The number of halogens is 2. The first-order valence-corrected chi connectivity index (χ1v) is 6.33. The molecule has 0 aliphatic carbocycles. The zero-order chi connectivity index (χ0) is 13.1. The lowest BCUT2D eigenvalue weighted by Gasteiger charge is -2.05. The number of hydrogen-bond donors (Lipinski definition) is 0. The van der Waals surface area contributed by atoms with Crippen molar-refractivity contribution in [3.8, 4) is 0 Å². The second-order valence-corrected chi connectivity index (χ2v) is 4.81. The quantitative estimate of drug-likeness (QED) is 0.794. The Morgan fingerprint density at radius 2 is 2.22 bits per heavy atom. The molecular formula is C13H15ClFN3. The third-order valence-electron chi connectivity index (χ3n) is 2.88. The van der Waals surface area contributed by atoms with Crippen LogP contribution >= 0.6 is 11.6 Å². The molecule has 0 amide bonds. The normalized spacial score (nSPS) is 12.7. The van der Waals surface area contributed by atoms with Crippen molar-refractivity contribution in [1.29, 1.82) is 0 Å². The highest BCUT2D eigenvalue weighted by atomic mass is 35.5. The molecule has 2 aromatic rings. The summed E-state index contributed by atoms with van der Waals surface area (Å²) < 4.78 is 14.9. The number of rotatable bonds is 4. The predicted molar refractivity (Wildman–Crippen MR) is 69.1 cm³/mol. The lowest BCUT2D eigenvalue weighted by molar-refractivity contribution is 0.612. The van der Waals surface area contributed by atoms with Gasteiger partial charge in [0.15, 0.2) is 0 Å². The molecule has 0 aliphatic heterocycles. The minimum atomic E-state index is -0.236. The SMILES string of the molecule is CCC(Cl)c1cn(Cc2cc(F)ccc2C)nn1. The lowest BCUT2D eigenvalue weighted by atomic mass is 10.1. The first-order valence-electron chi connectivity index (χ1n) is 5.89. The van der Waals surface area contributed by atoms with Gasteiger partial charge in [-0.15, -0.1) is 16.7 Å². The molecule has 96 valence electrons. The lowest BCUT2D eigenvalue weighted by Crippen LogP contribution is -2.02. The largest absolute Gasteiger partial charge is 0.248 e. The van der Waals surface area contributed by atoms with Gasteiger partial charge in [0, 0.05) is 0 Å². The number of aromatic nitrogens is 3. The molecule has 0 fully saturated rings. The maximum Gasteiger partial charge on any atom is 0.123 e. The van der Waals surface area contributed by atoms with E-state index < -0.39 is 0 Å². The average molecular weight is 268 g/mol. The summed E-state index contributed by atoms with van der Waals surface area (Å²) in [5.41, 5.74) is 2.69. The van der Waals surface area contributed by atoms with Crippen molar-refractivity contribution in [1.82, 2.24) is 15.0 Å². The number of hydrogen-bond acceptors (Lipinski definition) is 2. The molecule has 0 bridgehead atoms.